The summed E-state index contributed by atoms with van der Waals surface area (Å²) < 4.78 is 5.37. The average molecular weight is 338 g/mol. The highest BCUT2D eigenvalue weighted by atomic mass is 32.1. The second-order valence-electron chi connectivity index (χ2n) is 6.23. The number of aromatic nitrogens is 1. The summed E-state index contributed by atoms with van der Waals surface area (Å²) in [5, 5.41) is 3.82. The van der Waals surface area contributed by atoms with Crippen molar-refractivity contribution in [2.24, 2.45) is 0 Å². The van der Waals surface area contributed by atoms with Crippen LogP contribution in [0.15, 0.2) is 53.1 Å². The van der Waals surface area contributed by atoms with E-state index in [1.54, 1.807) is 6.26 Å². The first-order valence-corrected chi connectivity index (χ1v) is 8.85. The maximum atomic E-state index is 12.6. The van der Waals surface area contributed by atoms with Gasteiger partial charge in [-0.1, -0.05) is 30.3 Å². The second kappa shape index (κ2) is 5.91. The van der Waals surface area contributed by atoms with Crippen molar-refractivity contribution < 1.29 is 9.21 Å². The lowest BCUT2D eigenvalue weighted by molar-refractivity contribution is 0.0945. The van der Waals surface area contributed by atoms with Crippen molar-refractivity contribution in [3.63, 3.8) is 0 Å². The molecule has 4 rings (SSSR count). The molecule has 1 aliphatic carbocycles. The first-order valence-electron chi connectivity index (χ1n) is 8.03. The molecule has 0 aliphatic heterocycles. The van der Waals surface area contributed by atoms with Crippen molar-refractivity contribution in [2.75, 3.05) is 6.54 Å². The first kappa shape index (κ1) is 15.1. The van der Waals surface area contributed by atoms with Crippen molar-refractivity contribution in [3.05, 3.63) is 64.9 Å². The smallest absolute Gasteiger partial charge is 0.271 e. The SMILES string of the molecule is Cc1sc(-c2ccco2)nc1C(=O)NCC1(c2ccccc2)CC1. The number of benzene rings is 1. The molecule has 0 atom stereocenters. The van der Waals surface area contributed by atoms with Crippen molar-refractivity contribution in [1.29, 1.82) is 0 Å². The molecule has 1 saturated carbocycles. The minimum Gasteiger partial charge on any atom is -0.462 e. The fraction of sp³-hybridized carbons (Fsp3) is 0.263. The molecule has 1 amide bonds. The maximum absolute atomic E-state index is 12.6. The maximum Gasteiger partial charge on any atom is 0.271 e. The standard InChI is InChI=1S/C19H18N2O2S/c1-13-16(21-18(24-13)15-8-5-11-23-15)17(22)20-12-19(9-10-19)14-6-3-2-4-7-14/h2-8,11H,9-10,12H2,1H3,(H,20,22). The molecule has 4 nitrogen and oxygen atoms in total. The van der Waals surface area contributed by atoms with Crippen molar-refractivity contribution >= 4 is 17.2 Å². The van der Waals surface area contributed by atoms with Gasteiger partial charge in [0.1, 0.15) is 5.69 Å². The van der Waals surface area contributed by atoms with Gasteiger partial charge in [-0.3, -0.25) is 4.79 Å². The summed E-state index contributed by atoms with van der Waals surface area (Å²) in [5.41, 5.74) is 1.90. The Bertz CT molecular complexity index is 849. The van der Waals surface area contributed by atoms with E-state index in [1.165, 1.54) is 16.9 Å². The molecule has 1 fully saturated rings. The van der Waals surface area contributed by atoms with Crippen LogP contribution in [0, 0.1) is 6.92 Å². The zero-order valence-corrected chi connectivity index (χ0v) is 14.2. The minimum atomic E-state index is -0.108. The monoisotopic (exact) mass is 338 g/mol. The number of amides is 1. The predicted molar refractivity (Wildman–Crippen MR) is 94.2 cm³/mol. The Hall–Kier alpha value is -2.40. The van der Waals surface area contributed by atoms with Gasteiger partial charge in [0.2, 0.25) is 0 Å². The van der Waals surface area contributed by atoms with Crippen LogP contribution in [-0.4, -0.2) is 17.4 Å². The fourth-order valence-electron chi connectivity index (χ4n) is 2.96. The van der Waals surface area contributed by atoms with Gasteiger partial charge < -0.3 is 9.73 Å². The van der Waals surface area contributed by atoms with Crippen LogP contribution in [0.1, 0.15) is 33.8 Å². The molecule has 3 aromatic rings. The molecule has 24 heavy (non-hydrogen) atoms. The van der Waals surface area contributed by atoms with Crippen molar-refractivity contribution in [2.45, 2.75) is 25.2 Å². The Balaban J connectivity index is 1.48. The number of carbonyl (C=O) groups is 1. The Morgan fingerprint density at radius 2 is 2.04 bits per heavy atom. The van der Waals surface area contributed by atoms with Crippen LogP contribution >= 0.6 is 11.3 Å². The summed E-state index contributed by atoms with van der Waals surface area (Å²) in [4.78, 5) is 17.9. The van der Waals surface area contributed by atoms with E-state index in [4.69, 9.17) is 4.42 Å². The third-order valence-corrected chi connectivity index (χ3v) is 5.56. The van der Waals surface area contributed by atoms with Crippen LogP contribution in [0.25, 0.3) is 10.8 Å². The lowest BCUT2D eigenvalue weighted by atomic mass is 9.96. The van der Waals surface area contributed by atoms with Gasteiger partial charge in [-0.05, 0) is 37.5 Å². The largest absolute Gasteiger partial charge is 0.462 e. The molecule has 0 saturated heterocycles. The third kappa shape index (κ3) is 2.76. The van der Waals surface area contributed by atoms with Crippen LogP contribution in [0.3, 0.4) is 0 Å². The first-order chi connectivity index (χ1) is 11.7. The number of furan rings is 1. The van der Waals surface area contributed by atoms with E-state index < -0.39 is 0 Å². The third-order valence-electron chi connectivity index (χ3n) is 4.57. The Morgan fingerprint density at radius 1 is 1.25 bits per heavy atom. The molecule has 122 valence electrons. The van der Waals surface area contributed by atoms with E-state index in [0.29, 0.717) is 18.0 Å². The highest BCUT2D eigenvalue weighted by Crippen LogP contribution is 2.47. The van der Waals surface area contributed by atoms with Gasteiger partial charge in [-0.15, -0.1) is 11.3 Å². The highest BCUT2D eigenvalue weighted by Gasteiger charge is 2.44. The number of rotatable bonds is 5. The second-order valence-corrected chi connectivity index (χ2v) is 7.43. The molecular formula is C19H18N2O2S. The van der Waals surface area contributed by atoms with E-state index in [9.17, 15) is 4.79 Å². The van der Waals surface area contributed by atoms with E-state index in [0.717, 1.165) is 22.7 Å². The van der Waals surface area contributed by atoms with Crippen molar-refractivity contribution in [3.8, 4) is 10.8 Å². The van der Waals surface area contributed by atoms with Crippen LogP contribution in [0.2, 0.25) is 0 Å². The summed E-state index contributed by atoms with van der Waals surface area (Å²) in [6, 6.07) is 14.1. The van der Waals surface area contributed by atoms with Crippen LogP contribution < -0.4 is 5.32 Å². The number of aryl methyl sites for hydroxylation is 1. The number of carbonyl (C=O) groups excluding carboxylic acids is 1. The Labute approximate surface area is 144 Å². The number of thiazole rings is 1. The molecule has 0 unspecified atom stereocenters. The molecule has 1 N–H and O–H groups in total. The van der Waals surface area contributed by atoms with E-state index >= 15 is 0 Å². The molecule has 2 aromatic heterocycles. The molecule has 0 bridgehead atoms. The van der Waals surface area contributed by atoms with Gasteiger partial charge in [0.05, 0.1) is 6.26 Å². The van der Waals surface area contributed by atoms with Gasteiger partial charge >= 0.3 is 0 Å². The number of nitrogens with zero attached hydrogens (tertiary/aromatic N) is 1. The summed E-state index contributed by atoms with van der Waals surface area (Å²) in [5.74, 6) is 0.592. The number of nitrogens with one attached hydrogen (secondary N) is 1. The van der Waals surface area contributed by atoms with Gasteiger partial charge in [0.15, 0.2) is 10.8 Å². The van der Waals surface area contributed by atoms with Gasteiger partial charge in [-0.2, -0.15) is 0 Å². The molecule has 1 aliphatic rings. The zero-order chi connectivity index (χ0) is 16.6. The predicted octanol–water partition coefficient (Wildman–Crippen LogP) is 4.17. The average Bonchev–Trinajstić information content (AvgIpc) is 3.02. The summed E-state index contributed by atoms with van der Waals surface area (Å²) >= 11 is 1.48. The molecule has 2 heterocycles. The Kier molecular flexibility index (Phi) is 3.73. The summed E-state index contributed by atoms with van der Waals surface area (Å²) in [7, 11) is 0. The van der Waals surface area contributed by atoms with Gasteiger partial charge in [0.25, 0.3) is 5.91 Å². The lowest BCUT2D eigenvalue weighted by Crippen LogP contribution is -2.32. The van der Waals surface area contributed by atoms with Gasteiger partial charge in [0, 0.05) is 16.8 Å². The number of hydrogen-bond acceptors (Lipinski definition) is 4. The normalized spacial score (nSPS) is 15.2. The zero-order valence-electron chi connectivity index (χ0n) is 13.4. The number of hydrogen-bond donors (Lipinski definition) is 1. The van der Waals surface area contributed by atoms with E-state index in [1.807, 2.05) is 25.1 Å². The minimum absolute atomic E-state index is 0.102. The summed E-state index contributed by atoms with van der Waals surface area (Å²) in [6.07, 6.45) is 3.85. The molecular weight excluding hydrogens is 320 g/mol. The quantitative estimate of drug-likeness (QED) is 0.759. The van der Waals surface area contributed by atoms with Crippen molar-refractivity contribution in [1.82, 2.24) is 10.3 Å². The molecule has 1 aromatic carbocycles. The van der Waals surface area contributed by atoms with Crippen LogP contribution in [0.5, 0.6) is 0 Å². The Morgan fingerprint density at radius 3 is 2.71 bits per heavy atom. The van der Waals surface area contributed by atoms with E-state index in [-0.39, 0.29) is 11.3 Å². The lowest BCUT2D eigenvalue weighted by Gasteiger charge is -2.16. The molecule has 0 spiro atoms. The fourth-order valence-corrected chi connectivity index (χ4v) is 3.83. The van der Waals surface area contributed by atoms with Crippen LogP contribution in [0.4, 0.5) is 0 Å². The molecule has 5 heteroatoms. The topological polar surface area (TPSA) is 55.1 Å². The van der Waals surface area contributed by atoms with E-state index in [2.05, 4.69) is 34.6 Å². The van der Waals surface area contributed by atoms with Gasteiger partial charge in [-0.25, -0.2) is 4.98 Å². The highest BCUT2D eigenvalue weighted by molar-refractivity contribution is 7.15. The molecule has 0 radical (unpaired) electrons. The summed E-state index contributed by atoms with van der Waals surface area (Å²) in [6.45, 7) is 2.58. The van der Waals surface area contributed by atoms with Crippen LogP contribution in [-0.2, 0) is 5.41 Å².